The molecule has 0 aromatic heterocycles. The third kappa shape index (κ3) is 2.93. The molecule has 0 spiro atoms. The van der Waals surface area contributed by atoms with Gasteiger partial charge in [-0.25, -0.2) is 10.8 Å². The van der Waals surface area contributed by atoms with Crippen molar-refractivity contribution in [3.63, 3.8) is 0 Å². The lowest BCUT2D eigenvalue weighted by Crippen LogP contribution is -2.45. The van der Waals surface area contributed by atoms with Gasteiger partial charge < -0.3 is 14.4 Å². The minimum atomic E-state index is 0.0807. The maximum absolute atomic E-state index is 5.60. The molecule has 1 aliphatic carbocycles. The first-order valence-corrected chi connectivity index (χ1v) is 6.63. The van der Waals surface area contributed by atoms with Gasteiger partial charge in [-0.2, -0.15) is 0 Å². The summed E-state index contributed by atoms with van der Waals surface area (Å²) in [7, 11) is 3.42. The van der Waals surface area contributed by atoms with Gasteiger partial charge in [-0.1, -0.05) is 12.8 Å². The number of rotatable bonds is 3. The maximum Gasteiger partial charge on any atom is 0.208 e. The van der Waals surface area contributed by atoms with Crippen LogP contribution in [0.4, 0.5) is 0 Å². The summed E-state index contributed by atoms with van der Waals surface area (Å²) in [6.45, 7) is 1.54. The number of methoxy groups -OCH3 is 2. The van der Waals surface area contributed by atoms with Gasteiger partial charge in [-0.05, 0) is 12.8 Å². The van der Waals surface area contributed by atoms with E-state index in [-0.39, 0.29) is 12.2 Å². The fraction of sp³-hybridized carbons (Fsp3) is 0.917. The van der Waals surface area contributed by atoms with Crippen LogP contribution >= 0.6 is 0 Å². The molecule has 2 aliphatic rings. The summed E-state index contributed by atoms with van der Waals surface area (Å²) < 4.78 is 10.8. The molecular weight excluding hydrogens is 232 g/mol. The number of guanidine groups is 1. The van der Waals surface area contributed by atoms with Crippen LogP contribution in [-0.4, -0.2) is 56.4 Å². The fourth-order valence-electron chi connectivity index (χ4n) is 2.79. The number of ether oxygens (including phenoxy) is 2. The highest BCUT2D eigenvalue weighted by molar-refractivity contribution is 5.80. The number of hydrazine groups is 1. The molecule has 6 nitrogen and oxygen atoms in total. The van der Waals surface area contributed by atoms with Crippen LogP contribution < -0.4 is 11.3 Å². The summed E-state index contributed by atoms with van der Waals surface area (Å²) in [5.74, 6) is 6.37. The van der Waals surface area contributed by atoms with E-state index >= 15 is 0 Å². The van der Waals surface area contributed by atoms with Gasteiger partial charge in [0, 0.05) is 27.3 Å². The molecule has 0 radical (unpaired) electrons. The molecule has 0 aromatic rings. The molecule has 1 saturated heterocycles. The number of nitrogens with zero attached hydrogens (tertiary/aromatic N) is 2. The predicted octanol–water partition coefficient (Wildman–Crippen LogP) is 0.0939. The van der Waals surface area contributed by atoms with E-state index in [2.05, 4.69) is 10.3 Å². The van der Waals surface area contributed by atoms with E-state index in [4.69, 9.17) is 20.3 Å². The van der Waals surface area contributed by atoms with Crippen LogP contribution in [0, 0.1) is 0 Å². The van der Waals surface area contributed by atoms with Crippen molar-refractivity contribution >= 4 is 5.96 Å². The number of hydrogen-bond donors (Lipinski definition) is 2. The van der Waals surface area contributed by atoms with Gasteiger partial charge in [0.25, 0.3) is 0 Å². The van der Waals surface area contributed by atoms with Crippen molar-refractivity contribution in [2.24, 2.45) is 10.8 Å². The second kappa shape index (κ2) is 6.36. The molecule has 1 saturated carbocycles. The number of nitrogens with one attached hydrogen (secondary N) is 1. The van der Waals surface area contributed by atoms with Crippen LogP contribution in [0.2, 0.25) is 0 Å². The Hall–Kier alpha value is -0.850. The van der Waals surface area contributed by atoms with Crippen LogP contribution in [0.15, 0.2) is 4.99 Å². The van der Waals surface area contributed by atoms with E-state index in [9.17, 15) is 0 Å². The average Bonchev–Trinajstić information content (AvgIpc) is 3.04. The zero-order chi connectivity index (χ0) is 13.0. The van der Waals surface area contributed by atoms with E-state index in [1.165, 1.54) is 25.7 Å². The van der Waals surface area contributed by atoms with Crippen molar-refractivity contribution in [3.8, 4) is 0 Å². The maximum atomic E-state index is 5.60. The monoisotopic (exact) mass is 256 g/mol. The Bertz CT molecular complexity index is 280. The molecule has 0 aromatic carbocycles. The van der Waals surface area contributed by atoms with Gasteiger partial charge in [0.05, 0.1) is 6.04 Å². The lowest BCUT2D eigenvalue weighted by Gasteiger charge is -2.20. The molecule has 0 bridgehead atoms. The second-order valence-corrected chi connectivity index (χ2v) is 4.99. The summed E-state index contributed by atoms with van der Waals surface area (Å²) in [5.41, 5.74) is 2.72. The Kier molecular flexibility index (Phi) is 4.79. The van der Waals surface area contributed by atoms with Gasteiger partial charge in [0.15, 0.2) is 0 Å². The van der Waals surface area contributed by atoms with Gasteiger partial charge in [-0.3, -0.25) is 5.43 Å². The second-order valence-electron chi connectivity index (χ2n) is 4.99. The molecule has 18 heavy (non-hydrogen) atoms. The Labute approximate surface area is 108 Å². The molecule has 2 rings (SSSR count). The summed E-state index contributed by atoms with van der Waals surface area (Å²) in [6, 6.07) is 0.415. The van der Waals surface area contributed by atoms with Crippen LogP contribution in [0.3, 0.4) is 0 Å². The summed E-state index contributed by atoms with van der Waals surface area (Å²) in [4.78, 5) is 6.82. The Balaban J connectivity index is 2.00. The quantitative estimate of drug-likeness (QED) is 0.324. The predicted molar refractivity (Wildman–Crippen MR) is 70.2 cm³/mol. The zero-order valence-electron chi connectivity index (χ0n) is 11.3. The fourth-order valence-corrected chi connectivity index (χ4v) is 2.79. The Morgan fingerprint density at radius 2 is 1.72 bits per heavy atom. The molecular formula is C12H24N4O2. The molecule has 1 heterocycles. The van der Waals surface area contributed by atoms with Crippen molar-refractivity contribution < 1.29 is 9.47 Å². The molecule has 2 atom stereocenters. The van der Waals surface area contributed by atoms with Gasteiger partial charge in [0.1, 0.15) is 12.2 Å². The number of nitrogens with two attached hydrogens (primary N) is 1. The smallest absolute Gasteiger partial charge is 0.208 e. The van der Waals surface area contributed by atoms with Gasteiger partial charge in [-0.15, -0.1) is 0 Å². The van der Waals surface area contributed by atoms with Gasteiger partial charge in [0.2, 0.25) is 5.96 Å². The highest BCUT2D eigenvalue weighted by atomic mass is 16.5. The third-order valence-corrected chi connectivity index (χ3v) is 3.88. The minimum Gasteiger partial charge on any atom is -0.377 e. The van der Waals surface area contributed by atoms with E-state index in [0.717, 1.165) is 19.0 Å². The largest absolute Gasteiger partial charge is 0.377 e. The lowest BCUT2D eigenvalue weighted by atomic mass is 10.3. The first-order chi connectivity index (χ1) is 8.78. The topological polar surface area (TPSA) is 72.1 Å². The van der Waals surface area contributed by atoms with Crippen LogP contribution in [-0.2, 0) is 9.47 Å². The molecule has 1 aliphatic heterocycles. The number of hydrogen-bond acceptors (Lipinski definition) is 4. The van der Waals surface area contributed by atoms with Crippen molar-refractivity contribution in [2.75, 3.05) is 27.3 Å². The normalized spacial score (nSPS) is 30.2. The van der Waals surface area contributed by atoms with Crippen LogP contribution in [0.25, 0.3) is 0 Å². The van der Waals surface area contributed by atoms with E-state index in [1.807, 2.05) is 0 Å². The first-order valence-electron chi connectivity index (χ1n) is 6.63. The standard InChI is InChI=1S/C12H24N4O2/c1-17-10-7-16(8-11(10)18-2)12(15-13)14-9-5-3-4-6-9/h9-11H,3-8,13H2,1-2H3,(H,14,15). The molecule has 6 heteroatoms. The third-order valence-electron chi connectivity index (χ3n) is 3.88. The van der Waals surface area contributed by atoms with Crippen molar-refractivity contribution in [3.05, 3.63) is 0 Å². The number of likely N-dealkylation sites (tertiary alicyclic amines) is 1. The minimum absolute atomic E-state index is 0.0807. The van der Waals surface area contributed by atoms with E-state index in [1.54, 1.807) is 14.2 Å². The van der Waals surface area contributed by atoms with Crippen molar-refractivity contribution in [1.82, 2.24) is 10.3 Å². The van der Waals surface area contributed by atoms with Gasteiger partial charge >= 0.3 is 0 Å². The van der Waals surface area contributed by atoms with E-state index in [0.29, 0.717) is 6.04 Å². The Morgan fingerprint density at radius 1 is 1.17 bits per heavy atom. The summed E-state index contributed by atoms with van der Waals surface area (Å²) in [6.07, 6.45) is 5.04. The SMILES string of the molecule is COC1CN(C(=NC2CCCC2)NN)CC1OC. The highest BCUT2D eigenvalue weighted by Gasteiger charge is 2.34. The highest BCUT2D eigenvalue weighted by Crippen LogP contribution is 2.22. The lowest BCUT2D eigenvalue weighted by molar-refractivity contribution is -0.00461. The van der Waals surface area contributed by atoms with Crippen molar-refractivity contribution in [1.29, 1.82) is 0 Å². The molecule has 104 valence electrons. The zero-order valence-corrected chi connectivity index (χ0v) is 11.3. The summed E-state index contributed by atoms with van der Waals surface area (Å²) in [5, 5.41) is 0. The van der Waals surface area contributed by atoms with Crippen LogP contribution in [0.5, 0.6) is 0 Å². The van der Waals surface area contributed by atoms with Crippen molar-refractivity contribution in [2.45, 2.75) is 43.9 Å². The molecule has 0 amide bonds. The number of aliphatic imine (C=N–C) groups is 1. The first kappa shape index (κ1) is 13.6. The molecule has 2 unspecified atom stereocenters. The summed E-state index contributed by atoms with van der Waals surface area (Å²) >= 11 is 0. The Morgan fingerprint density at radius 3 is 2.17 bits per heavy atom. The van der Waals surface area contributed by atoms with E-state index < -0.39 is 0 Å². The molecule has 3 N–H and O–H groups in total. The average molecular weight is 256 g/mol. The molecule has 2 fully saturated rings. The van der Waals surface area contributed by atoms with Crippen LogP contribution in [0.1, 0.15) is 25.7 Å².